The average molecular weight is 262 g/mol. The van der Waals surface area contributed by atoms with Crippen LogP contribution in [0.25, 0.3) is 11.0 Å². The number of pyridine rings is 1. The minimum atomic E-state index is -3.62. The third kappa shape index (κ3) is 1.74. The molecule has 0 aromatic carbocycles. The van der Waals surface area contributed by atoms with E-state index in [2.05, 4.69) is 14.8 Å². The van der Waals surface area contributed by atoms with E-state index in [0.717, 1.165) is 0 Å². The number of sulfonamides is 1. The fourth-order valence-electron chi connectivity index (χ4n) is 1.74. The summed E-state index contributed by atoms with van der Waals surface area (Å²) >= 11 is 0. The van der Waals surface area contributed by atoms with Crippen LogP contribution in [0.3, 0.4) is 0 Å². The Morgan fingerprint density at radius 1 is 1.22 bits per heavy atom. The molecule has 0 amide bonds. The predicted molar refractivity (Wildman–Crippen MR) is 67.1 cm³/mol. The molecule has 2 N–H and O–H groups in total. The Labute approximate surface area is 103 Å². The van der Waals surface area contributed by atoms with Crippen molar-refractivity contribution in [3.63, 3.8) is 0 Å². The fourth-order valence-corrected chi connectivity index (χ4v) is 2.90. The Kier molecular flexibility index (Phi) is 2.34. The topological polar surface area (TPSA) is 79.8 Å². The highest BCUT2D eigenvalue weighted by molar-refractivity contribution is 7.92. The van der Waals surface area contributed by atoms with Crippen LogP contribution in [0.4, 0.5) is 0 Å². The van der Waals surface area contributed by atoms with Crippen LogP contribution in [0.2, 0.25) is 0 Å². The number of nitrogens with one attached hydrogen (secondary N) is 2. The molecule has 0 aliphatic heterocycles. The normalized spacial score (nSPS) is 11.8. The lowest BCUT2D eigenvalue weighted by molar-refractivity contribution is 0.596. The average Bonchev–Trinajstić information content (AvgIpc) is 2.96. The van der Waals surface area contributed by atoms with Crippen LogP contribution in [0.15, 0.2) is 53.9 Å². The van der Waals surface area contributed by atoms with Gasteiger partial charge < -0.3 is 4.98 Å². The lowest BCUT2D eigenvalue weighted by Crippen LogP contribution is -2.21. The molecule has 3 aromatic rings. The summed E-state index contributed by atoms with van der Waals surface area (Å²) < 4.78 is 25.8. The molecule has 92 valence electrons. The maximum absolute atomic E-state index is 12.2. The third-order valence-corrected chi connectivity index (χ3v) is 3.90. The Balaban J connectivity index is 2.08. The minimum absolute atomic E-state index is 0.180. The summed E-state index contributed by atoms with van der Waals surface area (Å²) in [7, 11) is -3.62. The zero-order chi connectivity index (χ0) is 12.6. The van der Waals surface area contributed by atoms with Crippen LogP contribution in [0.1, 0.15) is 0 Å². The predicted octanol–water partition coefficient (Wildman–Crippen LogP) is 1.30. The van der Waals surface area contributed by atoms with E-state index in [-0.39, 0.29) is 4.90 Å². The lowest BCUT2D eigenvalue weighted by Gasteiger charge is -2.07. The molecule has 3 aromatic heterocycles. The molecule has 18 heavy (non-hydrogen) atoms. The lowest BCUT2D eigenvalue weighted by atomic mass is 10.3. The summed E-state index contributed by atoms with van der Waals surface area (Å²) in [6, 6.07) is 6.88. The molecule has 0 saturated carbocycles. The fraction of sp³-hybridized carbons (Fsp3) is 0. The Hall–Kier alpha value is -2.28. The van der Waals surface area contributed by atoms with E-state index in [9.17, 15) is 8.42 Å². The molecule has 0 aliphatic carbocycles. The van der Waals surface area contributed by atoms with E-state index in [4.69, 9.17) is 0 Å². The van der Waals surface area contributed by atoms with Crippen LogP contribution in [0.5, 0.6) is 0 Å². The first-order chi connectivity index (χ1) is 8.67. The van der Waals surface area contributed by atoms with Crippen molar-refractivity contribution in [1.29, 1.82) is 0 Å². The van der Waals surface area contributed by atoms with Gasteiger partial charge >= 0.3 is 0 Å². The van der Waals surface area contributed by atoms with E-state index in [1.807, 2.05) is 0 Å². The van der Waals surface area contributed by atoms with Crippen molar-refractivity contribution < 1.29 is 8.42 Å². The highest BCUT2D eigenvalue weighted by Crippen LogP contribution is 2.20. The summed E-state index contributed by atoms with van der Waals surface area (Å²) in [5, 5.41) is 0.567. The molecular formula is C11H10N4O2S. The third-order valence-electron chi connectivity index (χ3n) is 2.53. The number of nitrogens with zero attached hydrogens (tertiary/aromatic N) is 2. The SMILES string of the molecule is O=S(=O)(Nn1cccc1)c1c[nH]c2ncccc12. The first kappa shape index (κ1) is 10.8. The Bertz CT molecular complexity index is 774. The summed E-state index contributed by atoms with van der Waals surface area (Å²) in [5.41, 5.74) is 0.547. The summed E-state index contributed by atoms with van der Waals surface area (Å²) in [4.78, 5) is 9.51. The van der Waals surface area contributed by atoms with Crippen molar-refractivity contribution >= 4 is 21.1 Å². The maximum atomic E-state index is 12.2. The van der Waals surface area contributed by atoms with Gasteiger partial charge in [0, 0.05) is 30.2 Å². The second-order valence-corrected chi connectivity index (χ2v) is 5.37. The van der Waals surface area contributed by atoms with Crippen LogP contribution in [-0.4, -0.2) is 23.1 Å². The van der Waals surface area contributed by atoms with Crippen molar-refractivity contribution in [2.75, 3.05) is 4.83 Å². The van der Waals surface area contributed by atoms with Gasteiger partial charge in [0.2, 0.25) is 0 Å². The number of fused-ring (bicyclic) bond motifs is 1. The molecule has 0 bridgehead atoms. The van der Waals surface area contributed by atoms with Gasteiger partial charge in [0.05, 0.1) is 0 Å². The largest absolute Gasteiger partial charge is 0.345 e. The zero-order valence-corrected chi connectivity index (χ0v) is 10.1. The Morgan fingerprint density at radius 3 is 2.78 bits per heavy atom. The molecular weight excluding hydrogens is 252 g/mol. The summed E-state index contributed by atoms with van der Waals surface area (Å²) in [5.74, 6) is 0. The molecule has 6 nitrogen and oxygen atoms in total. The molecule has 0 atom stereocenters. The van der Waals surface area contributed by atoms with Gasteiger partial charge in [-0.25, -0.2) is 9.82 Å². The van der Waals surface area contributed by atoms with E-state index < -0.39 is 10.0 Å². The molecule has 0 aliphatic rings. The van der Waals surface area contributed by atoms with Gasteiger partial charge in [0.25, 0.3) is 10.0 Å². The summed E-state index contributed by atoms with van der Waals surface area (Å²) in [6.07, 6.45) is 6.27. The van der Waals surface area contributed by atoms with Crippen molar-refractivity contribution in [3.8, 4) is 0 Å². The number of rotatable bonds is 3. The highest BCUT2D eigenvalue weighted by atomic mass is 32.2. The zero-order valence-electron chi connectivity index (χ0n) is 9.24. The maximum Gasteiger partial charge on any atom is 0.277 e. The number of H-pyrrole nitrogens is 1. The monoisotopic (exact) mass is 262 g/mol. The first-order valence-electron chi connectivity index (χ1n) is 5.25. The number of aromatic nitrogens is 3. The number of hydrogen-bond donors (Lipinski definition) is 2. The molecule has 0 unspecified atom stereocenters. The van der Waals surface area contributed by atoms with Gasteiger partial charge in [-0.2, -0.15) is 8.42 Å². The highest BCUT2D eigenvalue weighted by Gasteiger charge is 2.19. The number of aromatic amines is 1. The minimum Gasteiger partial charge on any atom is -0.345 e. The van der Waals surface area contributed by atoms with Crippen LogP contribution < -0.4 is 4.83 Å². The Morgan fingerprint density at radius 2 is 2.00 bits per heavy atom. The molecule has 3 rings (SSSR count). The van der Waals surface area contributed by atoms with E-state index in [1.54, 1.807) is 42.9 Å². The molecule has 0 fully saturated rings. The van der Waals surface area contributed by atoms with E-state index >= 15 is 0 Å². The van der Waals surface area contributed by atoms with Gasteiger partial charge in [-0.15, -0.1) is 0 Å². The van der Waals surface area contributed by atoms with Crippen LogP contribution in [0, 0.1) is 0 Å². The van der Waals surface area contributed by atoms with Gasteiger partial charge in [0.1, 0.15) is 10.5 Å². The van der Waals surface area contributed by atoms with Crippen LogP contribution in [-0.2, 0) is 10.0 Å². The van der Waals surface area contributed by atoms with Gasteiger partial charge in [-0.05, 0) is 24.3 Å². The van der Waals surface area contributed by atoms with Crippen molar-refractivity contribution in [2.24, 2.45) is 0 Å². The smallest absolute Gasteiger partial charge is 0.277 e. The van der Waals surface area contributed by atoms with Gasteiger partial charge in [-0.3, -0.25) is 4.68 Å². The first-order valence-corrected chi connectivity index (χ1v) is 6.73. The van der Waals surface area contributed by atoms with E-state index in [0.29, 0.717) is 11.0 Å². The van der Waals surface area contributed by atoms with Gasteiger partial charge in [0.15, 0.2) is 0 Å². The summed E-state index contributed by atoms with van der Waals surface area (Å²) in [6.45, 7) is 0. The molecule has 0 radical (unpaired) electrons. The van der Waals surface area contributed by atoms with Crippen molar-refractivity contribution in [2.45, 2.75) is 4.90 Å². The van der Waals surface area contributed by atoms with E-state index in [1.165, 1.54) is 10.9 Å². The molecule has 0 saturated heterocycles. The molecule has 0 spiro atoms. The molecule has 3 heterocycles. The second kappa shape index (κ2) is 3.88. The van der Waals surface area contributed by atoms with Crippen molar-refractivity contribution in [1.82, 2.24) is 14.6 Å². The number of hydrogen-bond acceptors (Lipinski definition) is 3. The second-order valence-electron chi connectivity index (χ2n) is 3.74. The standard InChI is InChI=1S/C11H10N4O2S/c16-18(17,14-15-6-1-2-7-15)10-8-13-11-9(10)4-3-5-12-11/h1-8,14H,(H,12,13). The van der Waals surface area contributed by atoms with Gasteiger partial charge in [-0.1, -0.05) is 0 Å². The quantitative estimate of drug-likeness (QED) is 0.746. The van der Waals surface area contributed by atoms with Crippen LogP contribution >= 0.6 is 0 Å². The molecule has 7 heteroatoms. The van der Waals surface area contributed by atoms with Crippen molar-refractivity contribution in [3.05, 3.63) is 49.1 Å².